The summed E-state index contributed by atoms with van der Waals surface area (Å²) in [5.74, 6) is -0.940. The molecular weight excluding hydrogens is 817 g/mol. The first-order valence-corrected chi connectivity index (χ1v) is 28.0. The second-order valence-corrected chi connectivity index (χ2v) is 18.5. The van der Waals surface area contributed by atoms with Crippen molar-refractivity contribution in [2.75, 3.05) is 13.2 Å². The molecule has 0 aromatic heterocycles. The van der Waals surface area contributed by atoms with Gasteiger partial charge >= 0.3 is 17.9 Å². The summed E-state index contributed by atoms with van der Waals surface area (Å²) in [6, 6.07) is 0. The van der Waals surface area contributed by atoms with Crippen molar-refractivity contribution in [3.63, 3.8) is 0 Å². The van der Waals surface area contributed by atoms with Crippen LogP contribution in [0.3, 0.4) is 0 Å². The van der Waals surface area contributed by atoms with Crippen molar-refractivity contribution in [1.29, 1.82) is 0 Å². The maximum atomic E-state index is 12.8. The molecule has 6 nitrogen and oxygen atoms in total. The van der Waals surface area contributed by atoms with E-state index in [1.165, 1.54) is 154 Å². The summed E-state index contributed by atoms with van der Waals surface area (Å²) in [6.07, 6.45) is 68.9. The lowest BCUT2D eigenvalue weighted by atomic mass is 10.1. The average Bonchev–Trinajstić information content (AvgIpc) is 3.31. The number of carbonyl (C=O) groups excluding carboxylic acids is 3. The smallest absolute Gasteiger partial charge is 0.306 e. The molecule has 0 radical (unpaired) electrons. The quantitative estimate of drug-likeness (QED) is 0.0199. The molecule has 1 unspecified atom stereocenters. The van der Waals surface area contributed by atoms with Crippen LogP contribution in [-0.4, -0.2) is 37.2 Å². The fraction of sp³-hybridized carbons (Fsp3) is 0.750. The number of allylic oxidation sites excluding steroid dienone is 12. The number of esters is 3. The fourth-order valence-corrected chi connectivity index (χ4v) is 7.80. The Hall–Kier alpha value is -3.15. The molecule has 1 atom stereocenters. The third-order valence-electron chi connectivity index (χ3n) is 12.0. The van der Waals surface area contributed by atoms with Gasteiger partial charge in [-0.15, -0.1) is 0 Å². The SMILES string of the molecule is CC/C=C/C=C/C=C/C=C/CCCCCC(=O)OCC(COC(=O)CCCCCCC/C=C/CCCCCCCCCCC)OC(=O)CCCCCCCCC/C=C/CCCCCCCC. The molecule has 0 saturated carbocycles. The highest BCUT2D eigenvalue weighted by Crippen LogP contribution is 2.15. The van der Waals surface area contributed by atoms with Crippen molar-refractivity contribution in [3.8, 4) is 0 Å². The van der Waals surface area contributed by atoms with Crippen LogP contribution < -0.4 is 0 Å². The first-order chi connectivity index (χ1) is 32.5. The molecule has 0 N–H and O–H groups in total. The molecule has 6 heteroatoms. The van der Waals surface area contributed by atoms with E-state index >= 15 is 0 Å². The van der Waals surface area contributed by atoms with Gasteiger partial charge in [0, 0.05) is 19.3 Å². The normalized spacial score (nSPS) is 12.6. The number of hydrogen-bond donors (Lipinski definition) is 0. The topological polar surface area (TPSA) is 78.9 Å². The predicted molar refractivity (Wildman–Crippen MR) is 284 cm³/mol. The van der Waals surface area contributed by atoms with Gasteiger partial charge in [-0.25, -0.2) is 0 Å². The van der Waals surface area contributed by atoms with Crippen molar-refractivity contribution in [2.45, 2.75) is 277 Å². The highest BCUT2D eigenvalue weighted by Gasteiger charge is 2.19. The summed E-state index contributed by atoms with van der Waals surface area (Å²) in [4.78, 5) is 38.1. The number of rotatable bonds is 50. The molecule has 66 heavy (non-hydrogen) atoms. The van der Waals surface area contributed by atoms with Crippen LogP contribution in [-0.2, 0) is 28.6 Å². The number of hydrogen-bond acceptors (Lipinski definition) is 6. The van der Waals surface area contributed by atoms with Crippen LogP contribution in [0.4, 0.5) is 0 Å². The van der Waals surface area contributed by atoms with Crippen molar-refractivity contribution in [3.05, 3.63) is 72.9 Å². The van der Waals surface area contributed by atoms with Crippen LogP contribution in [0, 0.1) is 0 Å². The molecule has 0 fully saturated rings. The van der Waals surface area contributed by atoms with E-state index in [-0.39, 0.29) is 31.1 Å². The molecule has 0 bridgehead atoms. The highest BCUT2D eigenvalue weighted by atomic mass is 16.6. The van der Waals surface area contributed by atoms with Crippen molar-refractivity contribution >= 4 is 17.9 Å². The zero-order chi connectivity index (χ0) is 47.9. The maximum absolute atomic E-state index is 12.8. The first kappa shape index (κ1) is 62.8. The Morgan fingerprint density at radius 1 is 0.318 bits per heavy atom. The molecule has 0 aliphatic carbocycles. The van der Waals surface area contributed by atoms with Crippen LogP contribution in [0.5, 0.6) is 0 Å². The first-order valence-electron chi connectivity index (χ1n) is 28.0. The Balaban J connectivity index is 4.42. The molecule has 0 aromatic rings. The third kappa shape index (κ3) is 51.8. The summed E-state index contributed by atoms with van der Waals surface area (Å²) >= 11 is 0. The molecule has 0 aliphatic heterocycles. The summed E-state index contributed by atoms with van der Waals surface area (Å²) < 4.78 is 16.8. The van der Waals surface area contributed by atoms with E-state index in [1.807, 2.05) is 30.4 Å². The molecule has 0 saturated heterocycles. The van der Waals surface area contributed by atoms with Gasteiger partial charge in [-0.05, 0) is 89.9 Å². The lowest BCUT2D eigenvalue weighted by Crippen LogP contribution is -2.30. The molecule has 0 heterocycles. The van der Waals surface area contributed by atoms with Crippen LogP contribution in [0.25, 0.3) is 0 Å². The molecular formula is C60H104O6. The van der Waals surface area contributed by atoms with E-state index in [4.69, 9.17) is 14.2 Å². The third-order valence-corrected chi connectivity index (χ3v) is 12.0. The van der Waals surface area contributed by atoms with Gasteiger partial charge in [-0.3, -0.25) is 14.4 Å². The van der Waals surface area contributed by atoms with Crippen molar-refractivity contribution in [1.82, 2.24) is 0 Å². The van der Waals surface area contributed by atoms with E-state index in [0.717, 1.165) is 77.0 Å². The van der Waals surface area contributed by atoms with Gasteiger partial charge in [-0.2, -0.15) is 0 Å². The standard InChI is InChI=1S/C60H104O6/c1-4-7-10-13-16-19-22-25-27-29-31-32-35-38-41-44-47-50-53-59(62)65-56-57(55-64-58(61)52-49-46-43-40-37-34-24-21-18-15-12-9-6-3)66-60(63)54-51-48-45-42-39-36-33-30-28-26-23-20-17-14-11-8-5-2/h9,12,15,18,21,24,26,28,31-32,34,37,57H,4-8,10-11,13-14,16-17,19-20,22-23,25,27,29-30,33,35-36,38-56H2,1-3H3/b12-9+,18-15+,24-21+,28-26+,32-31+,37-34+. The minimum absolute atomic E-state index is 0.0938. The largest absolute Gasteiger partial charge is 0.462 e. The van der Waals surface area contributed by atoms with Gasteiger partial charge in [0.15, 0.2) is 6.10 Å². The maximum Gasteiger partial charge on any atom is 0.306 e. The Kier molecular flexibility index (Phi) is 51.9. The van der Waals surface area contributed by atoms with E-state index in [0.29, 0.717) is 19.3 Å². The summed E-state index contributed by atoms with van der Waals surface area (Å²) in [5.41, 5.74) is 0. The summed E-state index contributed by atoms with van der Waals surface area (Å²) in [7, 11) is 0. The minimum atomic E-state index is -0.797. The Labute approximate surface area is 408 Å². The Bertz CT molecular complexity index is 1240. The van der Waals surface area contributed by atoms with Crippen LogP contribution in [0.1, 0.15) is 271 Å². The minimum Gasteiger partial charge on any atom is -0.462 e. The molecule has 380 valence electrons. The fourth-order valence-electron chi connectivity index (χ4n) is 7.80. The second kappa shape index (κ2) is 54.5. The second-order valence-electron chi connectivity index (χ2n) is 18.5. The number of unbranched alkanes of at least 4 members (excludes halogenated alkanes) is 30. The van der Waals surface area contributed by atoms with Crippen LogP contribution in [0.2, 0.25) is 0 Å². The molecule has 0 aromatic carbocycles. The van der Waals surface area contributed by atoms with Crippen molar-refractivity contribution in [2.24, 2.45) is 0 Å². The van der Waals surface area contributed by atoms with E-state index in [9.17, 15) is 14.4 Å². The van der Waals surface area contributed by atoms with E-state index < -0.39 is 6.10 Å². The van der Waals surface area contributed by atoms with Gasteiger partial charge in [0.1, 0.15) is 13.2 Å². The monoisotopic (exact) mass is 921 g/mol. The van der Waals surface area contributed by atoms with Crippen LogP contribution >= 0.6 is 0 Å². The van der Waals surface area contributed by atoms with Gasteiger partial charge in [0.2, 0.25) is 0 Å². The molecule has 0 rings (SSSR count). The molecule has 0 amide bonds. The zero-order valence-corrected chi connectivity index (χ0v) is 43.4. The summed E-state index contributed by atoms with van der Waals surface area (Å²) in [5, 5.41) is 0. The highest BCUT2D eigenvalue weighted by molar-refractivity contribution is 5.71. The van der Waals surface area contributed by atoms with Gasteiger partial charge < -0.3 is 14.2 Å². The van der Waals surface area contributed by atoms with E-state index in [1.54, 1.807) is 0 Å². The predicted octanol–water partition coefficient (Wildman–Crippen LogP) is 18.6. The zero-order valence-electron chi connectivity index (χ0n) is 43.4. The lowest BCUT2D eigenvalue weighted by molar-refractivity contribution is -0.167. The molecule has 0 spiro atoms. The van der Waals surface area contributed by atoms with Gasteiger partial charge in [0.25, 0.3) is 0 Å². The van der Waals surface area contributed by atoms with Crippen LogP contribution in [0.15, 0.2) is 72.9 Å². The number of ether oxygens (including phenoxy) is 3. The van der Waals surface area contributed by atoms with Crippen molar-refractivity contribution < 1.29 is 28.6 Å². The van der Waals surface area contributed by atoms with E-state index in [2.05, 4.69) is 63.3 Å². The average molecular weight is 921 g/mol. The molecule has 0 aliphatic rings. The lowest BCUT2D eigenvalue weighted by Gasteiger charge is -2.18. The Morgan fingerprint density at radius 2 is 0.606 bits per heavy atom. The number of carbonyl (C=O) groups is 3. The van der Waals surface area contributed by atoms with Gasteiger partial charge in [-0.1, -0.05) is 235 Å². The van der Waals surface area contributed by atoms with Gasteiger partial charge in [0.05, 0.1) is 0 Å². The summed E-state index contributed by atoms with van der Waals surface area (Å²) in [6.45, 7) is 6.47. The Morgan fingerprint density at radius 3 is 0.985 bits per heavy atom.